The topological polar surface area (TPSA) is 141 Å². The summed E-state index contributed by atoms with van der Waals surface area (Å²) in [5.74, 6) is -0.981. The molecule has 1 saturated heterocycles. The molecule has 8 rings (SSSR count). The van der Waals surface area contributed by atoms with E-state index in [0.717, 1.165) is 11.1 Å². The summed E-state index contributed by atoms with van der Waals surface area (Å²) < 4.78 is 32.3. The average molecular weight is 689 g/mol. The molecule has 2 aromatic heterocycles. The molecule has 4 aliphatic rings. The third-order valence-corrected chi connectivity index (χ3v) is 12.3. The average Bonchev–Trinajstić information content (AvgIpc) is 3.12. The Morgan fingerprint density at radius 3 is 2.57 bits per heavy atom. The molecule has 2 unspecified atom stereocenters. The van der Waals surface area contributed by atoms with Crippen LogP contribution in [0.3, 0.4) is 0 Å². The third-order valence-electron chi connectivity index (χ3n) is 12.3. The van der Waals surface area contributed by atoms with Crippen molar-refractivity contribution in [2.45, 2.75) is 77.2 Å². The van der Waals surface area contributed by atoms with Crippen LogP contribution in [0.4, 0.5) is 0 Å². The molecule has 4 aromatic rings. The van der Waals surface area contributed by atoms with Crippen LogP contribution in [0.1, 0.15) is 85.0 Å². The number of benzene rings is 2. The van der Waals surface area contributed by atoms with Crippen LogP contribution < -0.4 is 10.4 Å². The van der Waals surface area contributed by atoms with Gasteiger partial charge in [-0.05, 0) is 86.4 Å². The van der Waals surface area contributed by atoms with Crippen molar-refractivity contribution < 1.29 is 33.3 Å². The molecule has 2 aliphatic heterocycles. The lowest BCUT2D eigenvalue weighted by Gasteiger charge is -2.67. The Hall–Kier alpha value is -4.82. The van der Waals surface area contributed by atoms with E-state index in [1.165, 1.54) is 0 Å². The zero-order valence-corrected chi connectivity index (χ0v) is 29.0. The summed E-state index contributed by atoms with van der Waals surface area (Å²) in [7, 11) is 0. The maximum atomic E-state index is 13.8. The van der Waals surface area contributed by atoms with E-state index in [0.29, 0.717) is 37.0 Å². The standard InChI is InChI=1S/C41H40N2O8/c1-23-8-5-6-10-27(23)38-47-22-40(3)30-19-32(49-36(45)25-13-11-24(20-42)12-14-25)41(4)35(39(30,2)16-15-31(40)50-38)34(44)33-29(51-41)18-28(48-37(33)46)26-9-7-17-43-21-26/h5-14,17-18,21,30-32,34-35,38,44H,15-16,19,22H2,1-4H3/t30-,31+,32+,34+,35-,38?,39+,40?,41-/m1/s1. The Morgan fingerprint density at radius 1 is 1.06 bits per heavy atom. The van der Waals surface area contributed by atoms with E-state index in [1.807, 2.05) is 38.1 Å². The molecule has 0 spiro atoms. The van der Waals surface area contributed by atoms with E-state index in [2.05, 4.69) is 24.9 Å². The summed E-state index contributed by atoms with van der Waals surface area (Å²) in [5.41, 5.74) is 0.357. The number of aliphatic hydroxyl groups is 1. The summed E-state index contributed by atoms with van der Waals surface area (Å²) in [6.07, 6.45) is 2.17. The minimum absolute atomic E-state index is 0.0483. The maximum Gasteiger partial charge on any atom is 0.345 e. The number of aryl methyl sites for hydroxylation is 1. The van der Waals surface area contributed by atoms with Crippen molar-refractivity contribution in [1.82, 2.24) is 4.98 Å². The molecular formula is C41H40N2O8. The van der Waals surface area contributed by atoms with Crippen molar-refractivity contribution in [2.75, 3.05) is 6.61 Å². The summed E-state index contributed by atoms with van der Waals surface area (Å²) in [6, 6.07) is 21.5. The Balaban J connectivity index is 1.21. The lowest BCUT2D eigenvalue weighted by Crippen LogP contribution is -2.72. The van der Waals surface area contributed by atoms with Gasteiger partial charge in [-0.3, -0.25) is 4.98 Å². The van der Waals surface area contributed by atoms with Crippen LogP contribution in [0.15, 0.2) is 88.3 Å². The number of hydrogen-bond acceptors (Lipinski definition) is 10. The quantitative estimate of drug-likeness (QED) is 0.226. The molecule has 3 fully saturated rings. The van der Waals surface area contributed by atoms with Gasteiger partial charge in [-0.1, -0.05) is 38.1 Å². The number of ether oxygens (including phenoxy) is 4. The largest absolute Gasteiger partial charge is 0.482 e. The van der Waals surface area contributed by atoms with Gasteiger partial charge in [0.1, 0.15) is 28.8 Å². The highest BCUT2D eigenvalue weighted by molar-refractivity contribution is 5.89. The monoisotopic (exact) mass is 688 g/mol. The van der Waals surface area contributed by atoms with Crippen LogP contribution in [0.2, 0.25) is 0 Å². The number of pyridine rings is 1. The molecule has 10 nitrogen and oxygen atoms in total. The number of carbonyl (C=O) groups excluding carboxylic acids is 1. The van der Waals surface area contributed by atoms with Crippen molar-refractivity contribution in [3.8, 4) is 23.1 Å². The molecular weight excluding hydrogens is 648 g/mol. The van der Waals surface area contributed by atoms with E-state index in [-0.39, 0.29) is 34.7 Å². The van der Waals surface area contributed by atoms with Gasteiger partial charge in [-0.2, -0.15) is 5.26 Å². The summed E-state index contributed by atoms with van der Waals surface area (Å²) in [5, 5.41) is 21.7. The molecule has 0 amide bonds. The number of nitrogens with zero attached hydrogens (tertiary/aromatic N) is 2. The molecule has 2 aliphatic carbocycles. The van der Waals surface area contributed by atoms with Crippen LogP contribution in [-0.2, 0) is 14.2 Å². The molecule has 1 N–H and O–H groups in total. The first kappa shape index (κ1) is 33.3. The highest BCUT2D eigenvalue weighted by atomic mass is 16.7. The second-order valence-electron chi connectivity index (χ2n) is 15.2. The molecule has 2 saturated carbocycles. The SMILES string of the molecule is Cc1ccccc1C1OCC2(C)[C@H](CC[C@]3(C)[C@H]4[C@@H](O)c5c(cc(-c6cccnc6)oc5=O)O[C@]4(C)[C@@H](OC(=O)c4ccc(C#N)cc4)C[C@@H]23)O1. The van der Waals surface area contributed by atoms with Gasteiger partial charge in [-0.25, -0.2) is 9.59 Å². The normalized spacial score (nSPS) is 33.6. The molecule has 10 heteroatoms. The zero-order chi connectivity index (χ0) is 35.7. The number of esters is 1. The van der Waals surface area contributed by atoms with Gasteiger partial charge in [0.05, 0.1) is 36.0 Å². The van der Waals surface area contributed by atoms with Crippen molar-refractivity contribution in [1.29, 1.82) is 5.26 Å². The summed E-state index contributed by atoms with van der Waals surface area (Å²) >= 11 is 0. The maximum absolute atomic E-state index is 13.8. The predicted molar refractivity (Wildman–Crippen MR) is 184 cm³/mol. The van der Waals surface area contributed by atoms with E-state index in [1.54, 1.807) is 54.9 Å². The molecule has 262 valence electrons. The number of carbonyl (C=O) groups is 1. The Kier molecular flexibility index (Phi) is 7.94. The van der Waals surface area contributed by atoms with E-state index >= 15 is 0 Å². The smallest absolute Gasteiger partial charge is 0.345 e. The summed E-state index contributed by atoms with van der Waals surface area (Å²) in [6.45, 7) is 8.62. The van der Waals surface area contributed by atoms with E-state index in [9.17, 15) is 20.0 Å². The molecule has 4 heterocycles. The van der Waals surface area contributed by atoms with Crippen LogP contribution in [0.25, 0.3) is 11.3 Å². The number of nitriles is 1. The van der Waals surface area contributed by atoms with Crippen LogP contribution >= 0.6 is 0 Å². The van der Waals surface area contributed by atoms with Gasteiger partial charge in [0.2, 0.25) is 0 Å². The number of fused-ring (bicyclic) bond motifs is 6. The molecule has 9 atom stereocenters. The van der Waals surface area contributed by atoms with E-state index in [4.69, 9.17) is 23.4 Å². The van der Waals surface area contributed by atoms with Gasteiger partial charge in [0.25, 0.3) is 0 Å². The minimum atomic E-state index is -1.29. The first-order valence-corrected chi connectivity index (χ1v) is 17.5. The molecule has 51 heavy (non-hydrogen) atoms. The number of hydrogen-bond donors (Lipinski definition) is 1. The van der Waals surface area contributed by atoms with Crippen molar-refractivity contribution in [2.24, 2.45) is 22.7 Å². The first-order chi connectivity index (χ1) is 24.5. The van der Waals surface area contributed by atoms with Crippen LogP contribution in [-0.4, -0.2) is 40.5 Å². The van der Waals surface area contributed by atoms with Crippen molar-refractivity contribution >= 4 is 5.97 Å². The minimum Gasteiger partial charge on any atom is -0.482 e. The highest BCUT2D eigenvalue weighted by Gasteiger charge is 2.71. The van der Waals surface area contributed by atoms with Crippen molar-refractivity contribution in [3.05, 3.63) is 117 Å². The molecule has 0 radical (unpaired) electrons. The lowest BCUT2D eigenvalue weighted by atomic mass is 9.42. The molecule has 2 aromatic carbocycles. The fourth-order valence-corrected chi connectivity index (χ4v) is 9.75. The zero-order valence-electron chi connectivity index (χ0n) is 29.0. The summed E-state index contributed by atoms with van der Waals surface area (Å²) in [4.78, 5) is 31.7. The Bertz CT molecular complexity index is 2090. The van der Waals surface area contributed by atoms with Crippen LogP contribution in [0, 0.1) is 40.9 Å². The lowest BCUT2D eigenvalue weighted by molar-refractivity contribution is -0.330. The number of rotatable bonds is 4. The second kappa shape index (κ2) is 12.2. The predicted octanol–water partition coefficient (Wildman–Crippen LogP) is 6.85. The second-order valence-corrected chi connectivity index (χ2v) is 15.2. The van der Waals surface area contributed by atoms with Gasteiger partial charge in [0, 0.05) is 40.9 Å². The van der Waals surface area contributed by atoms with Gasteiger partial charge in [0.15, 0.2) is 6.29 Å². The Morgan fingerprint density at radius 2 is 1.84 bits per heavy atom. The Labute approximate surface area is 296 Å². The van der Waals surface area contributed by atoms with Crippen molar-refractivity contribution in [3.63, 3.8) is 0 Å². The first-order valence-electron chi connectivity index (χ1n) is 17.5. The van der Waals surface area contributed by atoms with Crippen LogP contribution in [0.5, 0.6) is 5.75 Å². The third kappa shape index (κ3) is 5.21. The van der Waals surface area contributed by atoms with E-state index < -0.39 is 52.4 Å². The van der Waals surface area contributed by atoms with Gasteiger partial charge >= 0.3 is 11.6 Å². The molecule has 0 bridgehead atoms. The van der Waals surface area contributed by atoms with Gasteiger partial charge < -0.3 is 28.5 Å². The number of aromatic nitrogens is 1. The number of aliphatic hydroxyl groups excluding tert-OH is 1. The fourth-order valence-electron chi connectivity index (χ4n) is 9.75. The highest BCUT2D eigenvalue weighted by Crippen LogP contribution is 2.68. The van der Waals surface area contributed by atoms with Gasteiger partial charge in [-0.15, -0.1) is 0 Å². The fraction of sp³-hybridized carbons (Fsp3) is 0.415.